The number of esters is 2. The van der Waals surface area contributed by atoms with Gasteiger partial charge in [-0.2, -0.15) is 0 Å². The van der Waals surface area contributed by atoms with E-state index in [1.807, 2.05) is 24.3 Å². The monoisotopic (exact) mass is 566 g/mol. The fourth-order valence-electron chi connectivity index (χ4n) is 2.73. The van der Waals surface area contributed by atoms with Gasteiger partial charge in [0.25, 0.3) is 0 Å². The standard InChI is InChI=1S/2C11H10BrNO3/c1-2-15-11(14)10-13-8-5-7(6-12)3-4-9(8)16-10;1-2-15-11(14)10-13-8-5-3-4-7(6-12)9(8)16-10/h2*3-5H,2,6H2,1H3. The first-order valence-corrected chi connectivity index (χ1v) is 12.0. The molecule has 0 spiro atoms. The number of rotatable bonds is 6. The molecule has 0 saturated carbocycles. The van der Waals surface area contributed by atoms with Gasteiger partial charge >= 0.3 is 23.7 Å². The number of hydrogen-bond donors (Lipinski definition) is 0. The molecule has 168 valence electrons. The van der Waals surface area contributed by atoms with E-state index in [1.54, 1.807) is 26.0 Å². The number of benzene rings is 2. The molecule has 0 fully saturated rings. The van der Waals surface area contributed by atoms with Crippen LogP contribution in [0.4, 0.5) is 0 Å². The summed E-state index contributed by atoms with van der Waals surface area (Å²) < 4.78 is 20.3. The highest BCUT2D eigenvalue weighted by Gasteiger charge is 2.17. The Morgan fingerprint density at radius 1 is 0.875 bits per heavy atom. The number of carbonyl (C=O) groups is 2. The third kappa shape index (κ3) is 5.55. The van der Waals surface area contributed by atoms with E-state index in [0.717, 1.165) is 16.5 Å². The summed E-state index contributed by atoms with van der Waals surface area (Å²) in [6.45, 7) is 4.10. The molecule has 32 heavy (non-hydrogen) atoms. The number of para-hydroxylation sites is 1. The Morgan fingerprint density at radius 3 is 2.16 bits per heavy atom. The molecule has 4 rings (SSSR count). The number of nitrogens with zero attached hydrogens (tertiary/aromatic N) is 2. The lowest BCUT2D eigenvalue weighted by Crippen LogP contribution is -2.04. The Hall–Kier alpha value is -2.72. The fourth-order valence-corrected chi connectivity index (χ4v) is 3.52. The van der Waals surface area contributed by atoms with E-state index in [2.05, 4.69) is 41.8 Å². The SMILES string of the molecule is CCOC(=O)c1nc2cc(CBr)ccc2o1.CCOC(=O)c1nc2cccc(CBr)c2o1. The smallest absolute Gasteiger partial charge is 0.394 e. The van der Waals surface area contributed by atoms with E-state index < -0.39 is 11.9 Å². The quantitative estimate of drug-likeness (QED) is 0.213. The molecule has 0 aliphatic rings. The average Bonchev–Trinajstić information content (AvgIpc) is 3.43. The van der Waals surface area contributed by atoms with Gasteiger partial charge in [0.05, 0.1) is 13.2 Å². The summed E-state index contributed by atoms with van der Waals surface area (Å²) in [6, 6.07) is 11.2. The number of alkyl halides is 2. The normalized spacial score (nSPS) is 10.6. The van der Waals surface area contributed by atoms with Crippen molar-refractivity contribution >= 4 is 66.0 Å². The summed E-state index contributed by atoms with van der Waals surface area (Å²) in [5.41, 5.74) is 4.59. The van der Waals surface area contributed by atoms with Gasteiger partial charge in [-0.25, -0.2) is 19.6 Å². The van der Waals surface area contributed by atoms with E-state index >= 15 is 0 Å². The zero-order valence-electron chi connectivity index (χ0n) is 17.4. The van der Waals surface area contributed by atoms with Crippen molar-refractivity contribution in [3.8, 4) is 0 Å². The molecule has 0 bridgehead atoms. The number of carbonyl (C=O) groups excluding carboxylic acids is 2. The molecule has 8 nitrogen and oxygen atoms in total. The molecule has 0 atom stereocenters. The maximum absolute atomic E-state index is 11.4. The molecule has 0 saturated heterocycles. The Labute approximate surface area is 200 Å². The second kappa shape index (κ2) is 11.2. The summed E-state index contributed by atoms with van der Waals surface area (Å²) >= 11 is 6.71. The molecule has 0 aliphatic heterocycles. The van der Waals surface area contributed by atoms with Gasteiger partial charge in [0, 0.05) is 16.2 Å². The molecular weight excluding hydrogens is 548 g/mol. The lowest BCUT2D eigenvalue weighted by Gasteiger charge is -1.95. The third-order valence-corrected chi connectivity index (χ3v) is 5.40. The van der Waals surface area contributed by atoms with Gasteiger partial charge in [0.15, 0.2) is 11.2 Å². The van der Waals surface area contributed by atoms with E-state index in [0.29, 0.717) is 40.7 Å². The highest BCUT2D eigenvalue weighted by atomic mass is 79.9. The summed E-state index contributed by atoms with van der Waals surface area (Å²) in [6.07, 6.45) is 0. The van der Waals surface area contributed by atoms with Crippen LogP contribution in [0, 0.1) is 0 Å². The topological polar surface area (TPSA) is 105 Å². The Kier molecular flexibility index (Phi) is 8.40. The molecule has 0 unspecified atom stereocenters. The van der Waals surface area contributed by atoms with Gasteiger partial charge < -0.3 is 18.3 Å². The van der Waals surface area contributed by atoms with Crippen LogP contribution in [0.15, 0.2) is 45.2 Å². The van der Waals surface area contributed by atoms with E-state index in [-0.39, 0.29) is 11.8 Å². The molecule has 2 heterocycles. The van der Waals surface area contributed by atoms with Crippen molar-refractivity contribution in [3.05, 3.63) is 59.3 Å². The molecule has 0 amide bonds. The first-order valence-electron chi connectivity index (χ1n) is 9.74. The number of oxazole rings is 2. The highest BCUT2D eigenvalue weighted by molar-refractivity contribution is 9.08. The minimum atomic E-state index is -0.529. The zero-order chi connectivity index (χ0) is 23.1. The predicted molar refractivity (Wildman–Crippen MR) is 125 cm³/mol. The van der Waals surface area contributed by atoms with Gasteiger partial charge in [-0.3, -0.25) is 0 Å². The van der Waals surface area contributed by atoms with Gasteiger partial charge in [-0.15, -0.1) is 0 Å². The lowest BCUT2D eigenvalue weighted by atomic mass is 10.2. The van der Waals surface area contributed by atoms with E-state index in [1.165, 1.54) is 0 Å². The Morgan fingerprint density at radius 2 is 1.53 bits per heavy atom. The van der Waals surface area contributed by atoms with Gasteiger partial charge in [0.1, 0.15) is 11.0 Å². The second-order valence-electron chi connectivity index (χ2n) is 6.31. The van der Waals surface area contributed by atoms with E-state index in [4.69, 9.17) is 18.3 Å². The number of hydrogen-bond acceptors (Lipinski definition) is 8. The van der Waals surface area contributed by atoms with Crippen LogP contribution in [0.1, 0.15) is 46.3 Å². The number of ether oxygens (including phenoxy) is 2. The first-order chi connectivity index (χ1) is 15.5. The van der Waals surface area contributed by atoms with Crippen molar-refractivity contribution in [2.24, 2.45) is 0 Å². The molecule has 4 aromatic rings. The minimum absolute atomic E-state index is 0.00331. The van der Waals surface area contributed by atoms with Crippen molar-refractivity contribution in [2.45, 2.75) is 24.5 Å². The van der Waals surface area contributed by atoms with Gasteiger partial charge in [-0.05, 0) is 37.6 Å². The maximum Gasteiger partial charge on any atom is 0.394 e. The highest BCUT2D eigenvalue weighted by Crippen LogP contribution is 2.22. The molecule has 2 aromatic carbocycles. The third-order valence-electron chi connectivity index (χ3n) is 4.15. The lowest BCUT2D eigenvalue weighted by molar-refractivity contribution is 0.0475. The van der Waals surface area contributed by atoms with Crippen LogP contribution in [-0.4, -0.2) is 35.1 Å². The van der Waals surface area contributed by atoms with E-state index in [9.17, 15) is 9.59 Å². The average molecular weight is 568 g/mol. The molecule has 0 aliphatic carbocycles. The largest absolute Gasteiger partial charge is 0.459 e. The summed E-state index contributed by atoms with van der Waals surface area (Å²) in [4.78, 5) is 31.0. The van der Waals surface area contributed by atoms with Crippen LogP contribution >= 0.6 is 31.9 Å². The van der Waals surface area contributed by atoms with Crippen LogP contribution < -0.4 is 0 Å². The molecule has 0 radical (unpaired) electrons. The molecule has 10 heteroatoms. The van der Waals surface area contributed by atoms with Crippen LogP contribution in [0.5, 0.6) is 0 Å². The van der Waals surface area contributed by atoms with Crippen LogP contribution in [0.25, 0.3) is 22.2 Å². The Bertz CT molecular complexity index is 1230. The Balaban J connectivity index is 0.000000181. The second-order valence-corrected chi connectivity index (χ2v) is 7.44. The summed E-state index contributed by atoms with van der Waals surface area (Å²) in [5, 5.41) is 1.40. The van der Waals surface area contributed by atoms with Crippen molar-refractivity contribution in [3.63, 3.8) is 0 Å². The maximum atomic E-state index is 11.4. The van der Waals surface area contributed by atoms with Crippen molar-refractivity contribution in [2.75, 3.05) is 13.2 Å². The van der Waals surface area contributed by atoms with Crippen molar-refractivity contribution in [1.82, 2.24) is 9.97 Å². The van der Waals surface area contributed by atoms with Crippen LogP contribution in [0.3, 0.4) is 0 Å². The van der Waals surface area contributed by atoms with Gasteiger partial charge in [-0.1, -0.05) is 50.1 Å². The van der Waals surface area contributed by atoms with Crippen molar-refractivity contribution in [1.29, 1.82) is 0 Å². The van der Waals surface area contributed by atoms with Crippen LogP contribution in [-0.2, 0) is 20.1 Å². The number of aromatic nitrogens is 2. The van der Waals surface area contributed by atoms with Gasteiger partial charge in [0.2, 0.25) is 0 Å². The van der Waals surface area contributed by atoms with Crippen molar-refractivity contribution < 1.29 is 27.9 Å². The number of halogens is 2. The molecule has 2 aromatic heterocycles. The number of fused-ring (bicyclic) bond motifs is 2. The summed E-state index contributed by atoms with van der Waals surface area (Å²) in [5.74, 6) is -1.05. The molecule has 0 N–H and O–H groups in total. The predicted octanol–water partition coefficient (Wildman–Crippen LogP) is 5.80. The van der Waals surface area contributed by atoms with Crippen LogP contribution in [0.2, 0.25) is 0 Å². The molecular formula is C22H20Br2N2O6. The fraction of sp³-hybridized carbons (Fsp3) is 0.273. The zero-order valence-corrected chi connectivity index (χ0v) is 20.6. The summed E-state index contributed by atoms with van der Waals surface area (Å²) in [7, 11) is 0. The first kappa shape index (κ1) is 23.9. The minimum Gasteiger partial charge on any atom is -0.459 e.